The van der Waals surface area contributed by atoms with Crippen molar-refractivity contribution in [2.75, 3.05) is 7.11 Å². The highest BCUT2D eigenvalue weighted by Crippen LogP contribution is 2.22. The van der Waals surface area contributed by atoms with Gasteiger partial charge in [-0.15, -0.1) is 0 Å². The third kappa shape index (κ3) is 1.29. The summed E-state index contributed by atoms with van der Waals surface area (Å²) < 4.78 is 6.88. The van der Waals surface area contributed by atoms with E-state index in [0.717, 1.165) is 5.52 Å². The Hall–Kier alpha value is -1.36. The normalized spacial score (nSPS) is 10.4. The lowest BCUT2D eigenvalue weighted by Crippen LogP contribution is -2.02. The Labute approximate surface area is 88.6 Å². The van der Waals surface area contributed by atoms with Crippen LogP contribution in [0.5, 0.6) is 0 Å². The highest BCUT2D eigenvalue weighted by atomic mass is 79.9. The van der Waals surface area contributed by atoms with Crippen LogP contribution >= 0.6 is 15.9 Å². The summed E-state index contributed by atoms with van der Waals surface area (Å²) in [6.07, 6.45) is 1.77. The van der Waals surface area contributed by atoms with Crippen molar-refractivity contribution in [2.24, 2.45) is 0 Å². The molecule has 4 nitrogen and oxygen atoms in total. The summed E-state index contributed by atoms with van der Waals surface area (Å²) in [5, 5.41) is 4.08. The van der Waals surface area contributed by atoms with Gasteiger partial charge in [-0.05, 0) is 28.1 Å². The molecule has 0 N–H and O–H groups in total. The summed E-state index contributed by atoms with van der Waals surface area (Å²) in [6.45, 7) is 0. The monoisotopic (exact) mass is 254 g/mol. The molecule has 0 saturated heterocycles. The predicted octanol–water partition coefficient (Wildman–Crippen LogP) is 1.88. The van der Waals surface area contributed by atoms with E-state index in [2.05, 4.69) is 25.8 Å². The maximum atomic E-state index is 11.3. The largest absolute Gasteiger partial charge is 0.464 e. The summed E-state index contributed by atoms with van der Waals surface area (Å²) in [7, 11) is 1.33. The molecule has 14 heavy (non-hydrogen) atoms. The average molecular weight is 255 g/mol. The number of halogens is 1. The number of methoxy groups -OCH3 is 1. The Bertz CT molecular complexity index is 493. The maximum Gasteiger partial charge on any atom is 0.359 e. The predicted molar refractivity (Wildman–Crippen MR) is 54.2 cm³/mol. The third-order valence-corrected chi connectivity index (χ3v) is 2.64. The first-order chi connectivity index (χ1) is 6.74. The van der Waals surface area contributed by atoms with E-state index in [1.54, 1.807) is 10.7 Å². The van der Waals surface area contributed by atoms with Gasteiger partial charge in [0.15, 0.2) is 5.69 Å². The zero-order valence-corrected chi connectivity index (χ0v) is 8.98. The second-order valence-electron chi connectivity index (χ2n) is 2.68. The Morgan fingerprint density at radius 3 is 3.00 bits per heavy atom. The van der Waals surface area contributed by atoms with E-state index in [4.69, 9.17) is 0 Å². The summed E-state index contributed by atoms with van der Waals surface area (Å²) in [5.74, 6) is -0.444. The highest BCUT2D eigenvalue weighted by molar-refractivity contribution is 9.10. The van der Waals surface area contributed by atoms with Crippen molar-refractivity contribution in [2.45, 2.75) is 0 Å². The molecule has 2 aromatic heterocycles. The molecule has 0 unspecified atom stereocenters. The SMILES string of the molecule is COC(=O)c1nn2ccccc2c1Br. The fraction of sp³-hybridized carbons (Fsp3) is 0.111. The standard InChI is InChI=1S/C9H7BrN2O2/c1-14-9(13)8-7(10)6-4-2-3-5-12(6)11-8/h2-5H,1H3. The molecule has 0 atom stereocenters. The van der Waals surface area contributed by atoms with Crippen LogP contribution in [0.1, 0.15) is 10.5 Å². The smallest absolute Gasteiger partial charge is 0.359 e. The molecular formula is C9H7BrN2O2. The second-order valence-corrected chi connectivity index (χ2v) is 3.48. The van der Waals surface area contributed by atoms with E-state index in [9.17, 15) is 4.79 Å². The number of fused-ring (bicyclic) bond motifs is 1. The Kier molecular flexibility index (Phi) is 2.25. The Balaban J connectivity index is 2.68. The van der Waals surface area contributed by atoms with Crippen LogP contribution in [-0.2, 0) is 4.74 Å². The van der Waals surface area contributed by atoms with E-state index in [0.29, 0.717) is 10.2 Å². The van der Waals surface area contributed by atoms with E-state index >= 15 is 0 Å². The third-order valence-electron chi connectivity index (χ3n) is 1.86. The van der Waals surface area contributed by atoms with Gasteiger partial charge < -0.3 is 4.74 Å². The van der Waals surface area contributed by atoms with Gasteiger partial charge in [0.05, 0.1) is 17.1 Å². The molecule has 0 fully saturated rings. The van der Waals surface area contributed by atoms with Gasteiger partial charge >= 0.3 is 5.97 Å². The van der Waals surface area contributed by atoms with Crippen LogP contribution in [0.3, 0.4) is 0 Å². The molecular weight excluding hydrogens is 248 g/mol. The molecule has 0 bridgehead atoms. The first-order valence-electron chi connectivity index (χ1n) is 3.95. The van der Waals surface area contributed by atoms with Crippen LogP contribution < -0.4 is 0 Å². The van der Waals surface area contributed by atoms with E-state index in [1.807, 2.05) is 18.2 Å². The van der Waals surface area contributed by atoms with Crippen molar-refractivity contribution in [1.29, 1.82) is 0 Å². The Morgan fingerprint density at radius 2 is 2.36 bits per heavy atom. The quantitative estimate of drug-likeness (QED) is 0.731. The zero-order valence-electron chi connectivity index (χ0n) is 7.40. The molecule has 72 valence electrons. The fourth-order valence-corrected chi connectivity index (χ4v) is 1.75. The first kappa shape index (κ1) is 9.21. The van der Waals surface area contributed by atoms with E-state index < -0.39 is 5.97 Å². The van der Waals surface area contributed by atoms with Crippen LogP contribution in [0.4, 0.5) is 0 Å². The number of carbonyl (C=O) groups is 1. The summed E-state index contributed by atoms with van der Waals surface area (Å²) in [6, 6.07) is 5.58. The summed E-state index contributed by atoms with van der Waals surface area (Å²) >= 11 is 3.31. The topological polar surface area (TPSA) is 43.6 Å². The first-order valence-corrected chi connectivity index (χ1v) is 4.74. The molecule has 2 aromatic rings. The van der Waals surface area contributed by atoms with Crippen LogP contribution in [0.2, 0.25) is 0 Å². The molecule has 0 radical (unpaired) electrons. The minimum absolute atomic E-state index is 0.290. The number of ether oxygens (including phenoxy) is 1. The summed E-state index contributed by atoms with van der Waals surface area (Å²) in [5.41, 5.74) is 1.13. The number of pyridine rings is 1. The number of hydrogen-bond donors (Lipinski definition) is 0. The van der Waals surface area contributed by atoms with Gasteiger partial charge in [0.1, 0.15) is 0 Å². The van der Waals surface area contributed by atoms with Gasteiger partial charge in [-0.2, -0.15) is 5.10 Å². The lowest BCUT2D eigenvalue weighted by molar-refractivity contribution is 0.0592. The number of hydrogen-bond acceptors (Lipinski definition) is 3. The molecule has 0 aliphatic carbocycles. The van der Waals surface area contributed by atoms with Gasteiger partial charge in [0.2, 0.25) is 0 Å². The van der Waals surface area contributed by atoms with Crippen molar-refractivity contribution in [3.05, 3.63) is 34.6 Å². The highest BCUT2D eigenvalue weighted by Gasteiger charge is 2.17. The van der Waals surface area contributed by atoms with Crippen LogP contribution in [-0.4, -0.2) is 22.7 Å². The van der Waals surface area contributed by atoms with Crippen molar-refractivity contribution < 1.29 is 9.53 Å². The average Bonchev–Trinajstić information content (AvgIpc) is 2.56. The lowest BCUT2D eigenvalue weighted by atomic mass is 10.3. The molecule has 0 aliphatic heterocycles. The van der Waals surface area contributed by atoms with Gasteiger partial charge in [0, 0.05) is 6.20 Å². The van der Waals surface area contributed by atoms with Gasteiger partial charge in [-0.1, -0.05) is 6.07 Å². The minimum atomic E-state index is -0.444. The fourth-order valence-electron chi connectivity index (χ4n) is 1.20. The number of rotatable bonds is 1. The Morgan fingerprint density at radius 1 is 1.57 bits per heavy atom. The maximum absolute atomic E-state index is 11.3. The van der Waals surface area contributed by atoms with Gasteiger partial charge in [0.25, 0.3) is 0 Å². The van der Waals surface area contributed by atoms with Crippen molar-refractivity contribution in [3.8, 4) is 0 Å². The molecule has 0 amide bonds. The molecule has 2 rings (SSSR count). The number of nitrogens with zero attached hydrogens (tertiary/aromatic N) is 2. The van der Waals surface area contributed by atoms with Crippen LogP contribution in [0.15, 0.2) is 28.9 Å². The molecule has 0 aliphatic rings. The second kappa shape index (κ2) is 3.42. The van der Waals surface area contributed by atoms with Crippen molar-refractivity contribution in [1.82, 2.24) is 9.61 Å². The van der Waals surface area contributed by atoms with Crippen molar-refractivity contribution in [3.63, 3.8) is 0 Å². The van der Waals surface area contributed by atoms with Crippen molar-refractivity contribution >= 4 is 27.4 Å². The van der Waals surface area contributed by atoms with E-state index in [-0.39, 0.29) is 0 Å². The minimum Gasteiger partial charge on any atom is -0.464 e. The molecule has 2 heterocycles. The molecule has 0 aromatic carbocycles. The van der Waals surface area contributed by atoms with Gasteiger partial charge in [-0.3, -0.25) is 0 Å². The molecule has 5 heteroatoms. The number of aromatic nitrogens is 2. The molecule has 0 spiro atoms. The van der Waals surface area contributed by atoms with Crippen LogP contribution in [0, 0.1) is 0 Å². The zero-order chi connectivity index (χ0) is 10.1. The van der Waals surface area contributed by atoms with Crippen LogP contribution in [0.25, 0.3) is 5.52 Å². The lowest BCUT2D eigenvalue weighted by Gasteiger charge is -1.92. The number of esters is 1. The van der Waals surface area contributed by atoms with E-state index in [1.165, 1.54) is 7.11 Å². The molecule has 0 saturated carbocycles. The summed E-state index contributed by atoms with van der Waals surface area (Å²) in [4.78, 5) is 11.3. The number of carbonyl (C=O) groups excluding carboxylic acids is 1. The van der Waals surface area contributed by atoms with Gasteiger partial charge in [-0.25, -0.2) is 9.31 Å².